The Bertz CT molecular complexity index is 578. The zero-order valence-electron chi connectivity index (χ0n) is 10.2. The summed E-state index contributed by atoms with van der Waals surface area (Å²) in [7, 11) is 0. The largest absolute Gasteiger partial charge is 0.398 e. The van der Waals surface area contributed by atoms with Gasteiger partial charge < -0.3 is 16.2 Å². The van der Waals surface area contributed by atoms with Crippen LogP contribution in [0.2, 0.25) is 0 Å². The Morgan fingerprint density at radius 3 is 2.83 bits per heavy atom. The number of benzene rings is 1. The second-order valence-corrected chi connectivity index (χ2v) is 5.14. The van der Waals surface area contributed by atoms with E-state index < -0.39 is 0 Å². The summed E-state index contributed by atoms with van der Waals surface area (Å²) < 4.78 is 0. The molecule has 1 aliphatic rings. The second kappa shape index (κ2) is 4.14. The van der Waals surface area contributed by atoms with E-state index in [4.69, 9.17) is 5.73 Å². The number of nitrogens with two attached hydrogens (primary N) is 1. The van der Waals surface area contributed by atoms with Gasteiger partial charge in [0.15, 0.2) is 0 Å². The zero-order chi connectivity index (χ0) is 12.6. The molecule has 0 spiro atoms. The Kier molecular flexibility index (Phi) is 2.59. The van der Waals surface area contributed by atoms with Gasteiger partial charge in [0.05, 0.1) is 6.61 Å². The van der Waals surface area contributed by atoms with Gasteiger partial charge in [-0.15, -0.1) is 0 Å². The van der Waals surface area contributed by atoms with E-state index >= 15 is 0 Å². The van der Waals surface area contributed by atoms with E-state index in [2.05, 4.69) is 10.3 Å². The number of hydrogen-bond donors (Lipinski definition) is 3. The van der Waals surface area contributed by atoms with Crippen molar-refractivity contribution in [1.82, 2.24) is 4.98 Å². The lowest BCUT2D eigenvalue weighted by Gasteiger charge is -2.15. The zero-order valence-corrected chi connectivity index (χ0v) is 10.2. The molecular formula is C14H17N3O. The van der Waals surface area contributed by atoms with E-state index in [0.717, 1.165) is 41.5 Å². The molecular weight excluding hydrogens is 226 g/mol. The van der Waals surface area contributed by atoms with Gasteiger partial charge in [0.1, 0.15) is 0 Å². The Hall–Kier alpha value is -1.81. The minimum atomic E-state index is 0.0932. The average molecular weight is 243 g/mol. The summed E-state index contributed by atoms with van der Waals surface area (Å²) in [6.07, 6.45) is 5.77. The van der Waals surface area contributed by atoms with Crippen molar-refractivity contribution in [2.45, 2.75) is 12.8 Å². The van der Waals surface area contributed by atoms with Crippen LogP contribution in [0.5, 0.6) is 0 Å². The standard InChI is InChI=1S/C14H17N3O/c15-12-1-2-13(11-7-16-6-3-10(11)12)17-8-14(9-18)4-5-14/h1-3,6-7,17-18H,4-5,8-9,15H2. The van der Waals surface area contributed by atoms with Gasteiger partial charge in [0.2, 0.25) is 0 Å². The van der Waals surface area contributed by atoms with E-state index in [0.29, 0.717) is 0 Å². The maximum absolute atomic E-state index is 9.32. The third-order valence-electron chi connectivity index (χ3n) is 3.80. The van der Waals surface area contributed by atoms with Crippen molar-refractivity contribution < 1.29 is 5.11 Å². The maximum atomic E-state index is 9.32. The summed E-state index contributed by atoms with van der Waals surface area (Å²) in [5, 5.41) is 14.8. The first-order valence-corrected chi connectivity index (χ1v) is 6.21. The molecule has 1 aromatic carbocycles. The highest BCUT2D eigenvalue weighted by molar-refractivity contribution is 6.00. The summed E-state index contributed by atoms with van der Waals surface area (Å²) in [4.78, 5) is 4.15. The van der Waals surface area contributed by atoms with Crippen LogP contribution in [0.15, 0.2) is 30.6 Å². The highest BCUT2D eigenvalue weighted by atomic mass is 16.3. The van der Waals surface area contributed by atoms with Gasteiger partial charge in [0.25, 0.3) is 0 Å². The highest BCUT2D eigenvalue weighted by Crippen LogP contribution is 2.45. The first kappa shape index (κ1) is 11.3. The van der Waals surface area contributed by atoms with E-state index in [-0.39, 0.29) is 12.0 Å². The van der Waals surface area contributed by atoms with Crippen molar-refractivity contribution >= 4 is 22.1 Å². The lowest BCUT2D eigenvalue weighted by Crippen LogP contribution is -2.19. The van der Waals surface area contributed by atoms with E-state index in [1.165, 1.54) is 0 Å². The van der Waals surface area contributed by atoms with Crippen molar-refractivity contribution in [3.8, 4) is 0 Å². The van der Waals surface area contributed by atoms with E-state index in [1.54, 1.807) is 6.20 Å². The minimum absolute atomic E-state index is 0.0932. The normalized spacial score (nSPS) is 16.7. The number of fused-ring (bicyclic) bond motifs is 1. The number of aliphatic hydroxyl groups excluding tert-OH is 1. The van der Waals surface area contributed by atoms with Crippen LogP contribution in [0, 0.1) is 5.41 Å². The van der Waals surface area contributed by atoms with Crippen molar-refractivity contribution in [2.24, 2.45) is 5.41 Å². The van der Waals surface area contributed by atoms with Crippen LogP contribution in [-0.4, -0.2) is 23.2 Å². The average Bonchev–Trinajstić information content (AvgIpc) is 3.19. The fourth-order valence-corrected chi connectivity index (χ4v) is 2.22. The first-order valence-electron chi connectivity index (χ1n) is 6.21. The molecule has 0 saturated heterocycles. The number of aromatic nitrogens is 1. The van der Waals surface area contributed by atoms with Gasteiger partial charge in [0, 0.05) is 46.5 Å². The molecule has 3 rings (SSSR count). The van der Waals surface area contributed by atoms with Crippen molar-refractivity contribution in [2.75, 3.05) is 24.2 Å². The third-order valence-corrected chi connectivity index (χ3v) is 3.80. The summed E-state index contributed by atoms with van der Waals surface area (Å²) in [6.45, 7) is 1.06. The molecule has 4 nitrogen and oxygen atoms in total. The van der Waals surface area contributed by atoms with Crippen LogP contribution in [0.25, 0.3) is 10.8 Å². The number of pyridine rings is 1. The predicted molar refractivity (Wildman–Crippen MR) is 73.4 cm³/mol. The van der Waals surface area contributed by atoms with Crippen LogP contribution in [0.4, 0.5) is 11.4 Å². The Morgan fingerprint density at radius 1 is 1.28 bits per heavy atom. The van der Waals surface area contributed by atoms with E-state index in [9.17, 15) is 5.11 Å². The van der Waals surface area contributed by atoms with Crippen LogP contribution in [-0.2, 0) is 0 Å². The Balaban J connectivity index is 1.90. The van der Waals surface area contributed by atoms with E-state index in [1.807, 2.05) is 24.4 Å². The molecule has 0 unspecified atom stereocenters. The number of hydrogen-bond acceptors (Lipinski definition) is 4. The lowest BCUT2D eigenvalue weighted by molar-refractivity contribution is 0.220. The molecule has 1 fully saturated rings. The molecule has 4 N–H and O–H groups in total. The molecule has 1 aliphatic carbocycles. The van der Waals surface area contributed by atoms with Crippen LogP contribution < -0.4 is 11.1 Å². The summed E-state index contributed by atoms with van der Waals surface area (Å²) in [5.74, 6) is 0. The summed E-state index contributed by atoms with van der Waals surface area (Å²) in [5.41, 5.74) is 7.84. The molecule has 0 atom stereocenters. The first-order chi connectivity index (χ1) is 8.74. The van der Waals surface area contributed by atoms with Gasteiger partial charge in [-0.2, -0.15) is 0 Å². The molecule has 4 heteroatoms. The minimum Gasteiger partial charge on any atom is -0.398 e. The van der Waals surface area contributed by atoms with Crippen molar-refractivity contribution in [3.63, 3.8) is 0 Å². The number of nitrogen functional groups attached to an aromatic ring is 1. The number of nitrogens with one attached hydrogen (secondary N) is 1. The van der Waals surface area contributed by atoms with Gasteiger partial charge >= 0.3 is 0 Å². The lowest BCUT2D eigenvalue weighted by atomic mass is 10.1. The fourth-order valence-electron chi connectivity index (χ4n) is 2.22. The van der Waals surface area contributed by atoms with Crippen LogP contribution in [0.3, 0.4) is 0 Å². The number of anilines is 2. The second-order valence-electron chi connectivity index (χ2n) is 5.14. The molecule has 1 heterocycles. The SMILES string of the molecule is Nc1ccc(NCC2(CO)CC2)c2cnccc12. The quantitative estimate of drug-likeness (QED) is 0.718. The molecule has 94 valence electrons. The topological polar surface area (TPSA) is 71.2 Å². The fraction of sp³-hybridized carbons (Fsp3) is 0.357. The summed E-state index contributed by atoms with van der Waals surface area (Å²) in [6, 6.07) is 5.81. The molecule has 18 heavy (non-hydrogen) atoms. The van der Waals surface area contributed by atoms with Crippen LogP contribution in [0.1, 0.15) is 12.8 Å². The van der Waals surface area contributed by atoms with Crippen LogP contribution >= 0.6 is 0 Å². The number of nitrogens with zero attached hydrogens (tertiary/aromatic N) is 1. The van der Waals surface area contributed by atoms with Crippen molar-refractivity contribution in [3.05, 3.63) is 30.6 Å². The van der Waals surface area contributed by atoms with Gasteiger partial charge in [-0.1, -0.05) is 0 Å². The third kappa shape index (κ3) is 1.88. The molecule has 0 aliphatic heterocycles. The smallest absolute Gasteiger partial charge is 0.0504 e. The monoisotopic (exact) mass is 243 g/mol. The maximum Gasteiger partial charge on any atom is 0.0504 e. The van der Waals surface area contributed by atoms with Gasteiger partial charge in [-0.25, -0.2) is 0 Å². The molecule has 0 amide bonds. The Morgan fingerprint density at radius 2 is 2.11 bits per heavy atom. The van der Waals surface area contributed by atoms with Crippen molar-refractivity contribution in [1.29, 1.82) is 0 Å². The molecule has 2 aromatic rings. The Labute approximate surface area is 106 Å². The van der Waals surface area contributed by atoms with Gasteiger partial charge in [-0.05, 0) is 31.0 Å². The highest BCUT2D eigenvalue weighted by Gasteiger charge is 2.41. The predicted octanol–water partition coefficient (Wildman–Crippen LogP) is 2.00. The number of rotatable bonds is 4. The molecule has 1 saturated carbocycles. The molecule has 0 radical (unpaired) electrons. The molecule has 1 aromatic heterocycles. The van der Waals surface area contributed by atoms with Gasteiger partial charge in [-0.3, -0.25) is 4.98 Å². The molecule has 0 bridgehead atoms. The summed E-state index contributed by atoms with van der Waals surface area (Å²) >= 11 is 0. The number of aliphatic hydroxyl groups is 1.